The summed E-state index contributed by atoms with van der Waals surface area (Å²) < 4.78 is 7.78. The second-order valence-corrected chi connectivity index (χ2v) is 4.77. The summed E-state index contributed by atoms with van der Waals surface area (Å²) in [6.45, 7) is 2.05. The molecule has 0 bridgehead atoms. The van der Waals surface area contributed by atoms with Gasteiger partial charge in [-0.15, -0.1) is 5.10 Å². The second kappa shape index (κ2) is 3.89. The van der Waals surface area contributed by atoms with Gasteiger partial charge >= 0.3 is 0 Å². The summed E-state index contributed by atoms with van der Waals surface area (Å²) in [7, 11) is 0. The fraction of sp³-hybridized carbons (Fsp3) is 0.455. The van der Waals surface area contributed by atoms with Gasteiger partial charge in [0.15, 0.2) is 0 Å². The van der Waals surface area contributed by atoms with Crippen molar-refractivity contribution < 1.29 is 4.74 Å². The van der Waals surface area contributed by atoms with Crippen LogP contribution in [0.5, 0.6) is 0 Å². The largest absolute Gasteiger partial charge is 0.384 e. The van der Waals surface area contributed by atoms with Gasteiger partial charge in [-0.3, -0.25) is 0 Å². The molecule has 2 N–H and O–H groups in total. The predicted octanol–water partition coefficient (Wildman–Crippen LogP) is -0.390. The zero-order valence-corrected chi connectivity index (χ0v) is 10.2. The molecule has 4 rings (SSSR count). The molecule has 2 aliphatic heterocycles. The third-order valence-electron chi connectivity index (χ3n) is 3.59. The maximum Gasteiger partial charge on any atom is 0.227 e. The molecule has 0 aromatic carbocycles. The Bertz CT molecular complexity index is 613. The number of nitrogens with zero attached hydrogens (tertiary/aromatic N) is 6. The Hall–Kier alpha value is -2.22. The maximum absolute atomic E-state index is 5.84. The van der Waals surface area contributed by atoms with Crippen LogP contribution in [0.2, 0.25) is 0 Å². The fourth-order valence-electron chi connectivity index (χ4n) is 2.67. The Labute approximate surface area is 109 Å². The number of fused-ring (bicyclic) bond motifs is 3. The highest BCUT2D eigenvalue weighted by molar-refractivity contribution is 5.39. The molecule has 0 radical (unpaired) electrons. The van der Waals surface area contributed by atoms with Crippen molar-refractivity contribution in [3.63, 3.8) is 0 Å². The highest BCUT2D eigenvalue weighted by Crippen LogP contribution is 2.31. The van der Waals surface area contributed by atoms with Gasteiger partial charge in [-0.1, -0.05) is 5.21 Å². The van der Waals surface area contributed by atoms with E-state index in [2.05, 4.69) is 25.2 Å². The molecule has 98 valence electrons. The summed E-state index contributed by atoms with van der Waals surface area (Å²) in [6.07, 6.45) is 3.51. The van der Waals surface area contributed by atoms with Crippen molar-refractivity contribution in [3.8, 4) is 0 Å². The van der Waals surface area contributed by atoms with Crippen molar-refractivity contribution in [3.05, 3.63) is 24.2 Å². The van der Waals surface area contributed by atoms with Crippen molar-refractivity contribution in [1.82, 2.24) is 25.0 Å². The van der Waals surface area contributed by atoms with E-state index >= 15 is 0 Å². The Morgan fingerprint density at radius 3 is 3.21 bits per heavy atom. The molecule has 0 saturated carbocycles. The van der Waals surface area contributed by atoms with Crippen LogP contribution in [0.25, 0.3) is 0 Å². The van der Waals surface area contributed by atoms with E-state index < -0.39 is 0 Å². The third-order valence-corrected chi connectivity index (χ3v) is 3.59. The Kier molecular flexibility index (Phi) is 2.18. The first-order valence-electron chi connectivity index (χ1n) is 6.15. The molecule has 2 aliphatic rings. The average Bonchev–Trinajstić information content (AvgIpc) is 3.04. The minimum Gasteiger partial charge on any atom is -0.384 e. The molecule has 0 aliphatic carbocycles. The van der Waals surface area contributed by atoms with E-state index in [1.165, 1.54) is 0 Å². The van der Waals surface area contributed by atoms with Crippen molar-refractivity contribution >= 4 is 11.8 Å². The van der Waals surface area contributed by atoms with Gasteiger partial charge in [0.1, 0.15) is 5.82 Å². The molecule has 8 heteroatoms. The van der Waals surface area contributed by atoms with E-state index in [1.807, 2.05) is 4.68 Å². The lowest BCUT2D eigenvalue weighted by molar-refractivity contribution is -0.00255. The number of hydrogen-bond donors (Lipinski definition) is 1. The van der Waals surface area contributed by atoms with E-state index in [0.717, 1.165) is 18.8 Å². The molecule has 2 aromatic heterocycles. The molecule has 8 nitrogen and oxygen atoms in total. The normalized spacial score (nSPS) is 25.2. The van der Waals surface area contributed by atoms with Crippen LogP contribution in [0, 0.1) is 0 Å². The lowest BCUT2D eigenvalue weighted by atomic mass is 10.2. The van der Waals surface area contributed by atoms with Gasteiger partial charge in [-0.2, -0.15) is 4.98 Å². The molecule has 2 atom stereocenters. The zero-order chi connectivity index (χ0) is 12.8. The molecule has 1 fully saturated rings. The minimum absolute atomic E-state index is 0.0965. The van der Waals surface area contributed by atoms with Crippen LogP contribution >= 0.6 is 0 Å². The van der Waals surface area contributed by atoms with Gasteiger partial charge < -0.3 is 15.4 Å². The number of rotatable bonds is 1. The smallest absolute Gasteiger partial charge is 0.227 e. The maximum atomic E-state index is 5.84. The van der Waals surface area contributed by atoms with Crippen molar-refractivity contribution in [1.29, 1.82) is 0 Å². The van der Waals surface area contributed by atoms with E-state index in [9.17, 15) is 0 Å². The molecule has 0 amide bonds. The van der Waals surface area contributed by atoms with Crippen molar-refractivity contribution in [2.75, 3.05) is 23.7 Å². The highest BCUT2D eigenvalue weighted by Gasteiger charge is 2.40. The minimum atomic E-state index is 0.0965. The van der Waals surface area contributed by atoms with Crippen LogP contribution < -0.4 is 10.6 Å². The lowest BCUT2D eigenvalue weighted by Crippen LogP contribution is -2.32. The Morgan fingerprint density at radius 2 is 2.32 bits per heavy atom. The second-order valence-electron chi connectivity index (χ2n) is 4.77. The van der Waals surface area contributed by atoms with E-state index in [0.29, 0.717) is 18.4 Å². The Morgan fingerprint density at radius 1 is 1.37 bits per heavy atom. The number of aromatic nitrogens is 5. The van der Waals surface area contributed by atoms with Crippen LogP contribution in [0.4, 0.5) is 11.8 Å². The number of nitrogens with two attached hydrogens (primary N) is 1. The molecule has 2 aromatic rings. The van der Waals surface area contributed by atoms with Gasteiger partial charge in [0, 0.05) is 19.3 Å². The lowest BCUT2D eigenvalue weighted by Gasteiger charge is -2.25. The van der Waals surface area contributed by atoms with E-state index in [4.69, 9.17) is 10.5 Å². The predicted molar refractivity (Wildman–Crippen MR) is 66.3 cm³/mol. The first kappa shape index (κ1) is 10.7. The molecule has 0 spiro atoms. The quantitative estimate of drug-likeness (QED) is 0.745. The van der Waals surface area contributed by atoms with Gasteiger partial charge in [-0.25, -0.2) is 9.67 Å². The SMILES string of the molecule is Nc1ccnc(N2CC3OCc4cnnn4[C@@H]3C2)n1. The van der Waals surface area contributed by atoms with Crippen LogP contribution in [0.15, 0.2) is 18.5 Å². The summed E-state index contributed by atoms with van der Waals surface area (Å²) in [4.78, 5) is 10.6. The monoisotopic (exact) mass is 259 g/mol. The van der Waals surface area contributed by atoms with E-state index in [1.54, 1.807) is 18.5 Å². The summed E-state index contributed by atoms with van der Waals surface area (Å²) >= 11 is 0. The standard InChI is InChI=1S/C11H13N7O/c12-10-1-2-13-11(15-10)17-4-8-9(5-17)19-6-7-3-14-16-18(7)8/h1-3,8-9H,4-6H2,(H2,12,13,15)/t8-,9?/m1/s1. The molecule has 4 heterocycles. The third kappa shape index (κ3) is 1.64. The molecule has 19 heavy (non-hydrogen) atoms. The molecular formula is C11H13N7O. The Balaban J connectivity index is 1.64. The first-order chi connectivity index (χ1) is 9.31. The van der Waals surface area contributed by atoms with Crippen LogP contribution in [0.1, 0.15) is 11.7 Å². The van der Waals surface area contributed by atoms with Crippen LogP contribution in [-0.2, 0) is 11.3 Å². The van der Waals surface area contributed by atoms with Gasteiger partial charge in [-0.05, 0) is 6.07 Å². The van der Waals surface area contributed by atoms with Crippen LogP contribution in [0.3, 0.4) is 0 Å². The number of anilines is 2. The first-order valence-corrected chi connectivity index (χ1v) is 6.15. The van der Waals surface area contributed by atoms with Crippen molar-refractivity contribution in [2.45, 2.75) is 18.8 Å². The van der Waals surface area contributed by atoms with Gasteiger partial charge in [0.2, 0.25) is 5.95 Å². The van der Waals surface area contributed by atoms with Gasteiger partial charge in [0.05, 0.1) is 30.6 Å². The highest BCUT2D eigenvalue weighted by atomic mass is 16.5. The topological polar surface area (TPSA) is 95.0 Å². The zero-order valence-electron chi connectivity index (χ0n) is 10.2. The number of hydrogen-bond acceptors (Lipinski definition) is 7. The summed E-state index contributed by atoms with van der Waals surface area (Å²) in [5, 5.41) is 8.08. The summed E-state index contributed by atoms with van der Waals surface area (Å²) in [5.74, 6) is 1.11. The average molecular weight is 259 g/mol. The summed E-state index contributed by atoms with van der Waals surface area (Å²) in [6, 6.07) is 1.84. The van der Waals surface area contributed by atoms with Gasteiger partial charge in [0.25, 0.3) is 0 Å². The van der Waals surface area contributed by atoms with Crippen molar-refractivity contribution in [2.24, 2.45) is 0 Å². The van der Waals surface area contributed by atoms with Crippen LogP contribution in [-0.4, -0.2) is 44.2 Å². The van der Waals surface area contributed by atoms with E-state index in [-0.39, 0.29) is 12.1 Å². The number of ether oxygens (including phenoxy) is 1. The molecular weight excluding hydrogens is 246 g/mol. The fourth-order valence-corrected chi connectivity index (χ4v) is 2.67. The summed E-state index contributed by atoms with van der Waals surface area (Å²) in [5.41, 5.74) is 6.71. The molecule has 1 saturated heterocycles. The number of nitrogen functional groups attached to an aromatic ring is 1. The molecule has 1 unspecified atom stereocenters.